The first-order chi connectivity index (χ1) is 7.18. The number of hydrogen-bond donors (Lipinski definition) is 1. The summed E-state index contributed by atoms with van der Waals surface area (Å²) in [6.07, 6.45) is 4.77. The van der Waals surface area contributed by atoms with Gasteiger partial charge < -0.3 is 14.8 Å². The predicted octanol–water partition coefficient (Wildman–Crippen LogP) is 0.556. The summed E-state index contributed by atoms with van der Waals surface area (Å²) in [5.41, 5.74) is 0. The smallest absolute Gasteiger partial charge is 0.239 e. The van der Waals surface area contributed by atoms with Crippen LogP contribution in [0, 0.1) is 0 Å². The van der Waals surface area contributed by atoms with Crippen molar-refractivity contribution in [1.82, 2.24) is 14.8 Å². The summed E-state index contributed by atoms with van der Waals surface area (Å²) in [5, 5.41) is 2.89. The molecular formula is C11H19N3O. The standard InChI is InChI=1S/C11H19N3O/c1-13(2)7-5-6-12-11(15)10-14-8-3-4-9-14/h3-4,8-9H,5-7,10H2,1-2H3,(H,12,15). The van der Waals surface area contributed by atoms with Gasteiger partial charge in [-0.05, 0) is 39.2 Å². The van der Waals surface area contributed by atoms with Gasteiger partial charge in [0.1, 0.15) is 6.54 Å². The predicted molar refractivity (Wildman–Crippen MR) is 60.6 cm³/mol. The van der Waals surface area contributed by atoms with Crippen LogP contribution in [0.2, 0.25) is 0 Å². The number of aromatic nitrogens is 1. The van der Waals surface area contributed by atoms with Crippen molar-refractivity contribution in [2.24, 2.45) is 0 Å². The fraction of sp³-hybridized carbons (Fsp3) is 0.545. The van der Waals surface area contributed by atoms with E-state index < -0.39 is 0 Å². The Morgan fingerprint density at radius 3 is 2.60 bits per heavy atom. The molecule has 0 fully saturated rings. The van der Waals surface area contributed by atoms with Gasteiger partial charge in [-0.25, -0.2) is 0 Å². The summed E-state index contributed by atoms with van der Waals surface area (Å²) in [7, 11) is 4.06. The highest BCUT2D eigenvalue weighted by Crippen LogP contribution is 1.89. The van der Waals surface area contributed by atoms with Crippen LogP contribution in [0.25, 0.3) is 0 Å². The van der Waals surface area contributed by atoms with Crippen molar-refractivity contribution in [3.63, 3.8) is 0 Å². The number of rotatable bonds is 6. The van der Waals surface area contributed by atoms with Crippen LogP contribution in [0.3, 0.4) is 0 Å². The van der Waals surface area contributed by atoms with Crippen LogP contribution in [0.15, 0.2) is 24.5 Å². The lowest BCUT2D eigenvalue weighted by atomic mass is 10.4. The van der Waals surface area contributed by atoms with Gasteiger partial charge in [-0.1, -0.05) is 0 Å². The molecule has 1 heterocycles. The maximum absolute atomic E-state index is 11.4. The summed E-state index contributed by atoms with van der Waals surface area (Å²) in [6.45, 7) is 2.16. The molecule has 1 aromatic heterocycles. The molecule has 0 saturated carbocycles. The van der Waals surface area contributed by atoms with Gasteiger partial charge in [0.05, 0.1) is 0 Å². The number of nitrogens with one attached hydrogen (secondary N) is 1. The Balaban J connectivity index is 2.09. The third-order valence-electron chi connectivity index (χ3n) is 2.10. The Morgan fingerprint density at radius 2 is 2.00 bits per heavy atom. The summed E-state index contributed by atoms with van der Waals surface area (Å²) in [4.78, 5) is 13.5. The molecule has 4 heteroatoms. The molecule has 4 nitrogen and oxygen atoms in total. The van der Waals surface area contributed by atoms with Crippen LogP contribution >= 0.6 is 0 Å². The monoisotopic (exact) mass is 209 g/mol. The van der Waals surface area contributed by atoms with Crippen LogP contribution < -0.4 is 5.32 Å². The maximum Gasteiger partial charge on any atom is 0.239 e. The molecule has 1 rings (SSSR count). The minimum Gasteiger partial charge on any atom is -0.355 e. The zero-order chi connectivity index (χ0) is 11.1. The van der Waals surface area contributed by atoms with Gasteiger partial charge in [-0.3, -0.25) is 4.79 Å². The van der Waals surface area contributed by atoms with Crippen LogP contribution in [-0.2, 0) is 11.3 Å². The lowest BCUT2D eigenvalue weighted by molar-refractivity contribution is -0.121. The van der Waals surface area contributed by atoms with Gasteiger partial charge in [-0.15, -0.1) is 0 Å². The Morgan fingerprint density at radius 1 is 1.33 bits per heavy atom. The van der Waals surface area contributed by atoms with E-state index >= 15 is 0 Å². The maximum atomic E-state index is 11.4. The molecule has 0 bridgehead atoms. The zero-order valence-electron chi connectivity index (χ0n) is 9.44. The van der Waals surface area contributed by atoms with Crippen molar-refractivity contribution in [1.29, 1.82) is 0 Å². The molecular weight excluding hydrogens is 190 g/mol. The van der Waals surface area contributed by atoms with Gasteiger partial charge in [0.2, 0.25) is 5.91 Å². The Bertz CT molecular complexity index is 280. The molecule has 0 radical (unpaired) electrons. The molecule has 0 saturated heterocycles. The molecule has 0 aliphatic carbocycles. The van der Waals surface area contributed by atoms with E-state index in [9.17, 15) is 4.79 Å². The second kappa shape index (κ2) is 6.24. The molecule has 1 N–H and O–H groups in total. The van der Waals surface area contributed by atoms with Crippen molar-refractivity contribution < 1.29 is 4.79 Å². The second-order valence-corrected chi connectivity index (χ2v) is 3.86. The molecule has 0 unspecified atom stereocenters. The fourth-order valence-electron chi connectivity index (χ4n) is 1.32. The van der Waals surface area contributed by atoms with Crippen LogP contribution in [0.4, 0.5) is 0 Å². The minimum absolute atomic E-state index is 0.0740. The van der Waals surface area contributed by atoms with Crippen LogP contribution in [0.5, 0.6) is 0 Å². The first kappa shape index (κ1) is 11.8. The van der Waals surface area contributed by atoms with Gasteiger partial charge in [0.15, 0.2) is 0 Å². The highest BCUT2D eigenvalue weighted by atomic mass is 16.1. The normalized spacial score (nSPS) is 10.6. The highest BCUT2D eigenvalue weighted by Gasteiger charge is 2.00. The lowest BCUT2D eigenvalue weighted by Crippen LogP contribution is -2.29. The molecule has 1 amide bonds. The van der Waals surface area contributed by atoms with Crippen molar-refractivity contribution >= 4 is 5.91 Å². The summed E-state index contributed by atoms with van der Waals surface area (Å²) in [5.74, 6) is 0.0740. The van der Waals surface area contributed by atoms with Gasteiger partial charge in [0.25, 0.3) is 0 Å². The van der Waals surface area contributed by atoms with Crippen molar-refractivity contribution in [3.8, 4) is 0 Å². The molecule has 0 aliphatic heterocycles. The van der Waals surface area contributed by atoms with Crippen LogP contribution in [0.1, 0.15) is 6.42 Å². The SMILES string of the molecule is CN(C)CCCNC(=O)Cn1cccc1. The highest BCUT2D eigenvalue weighted by molar-refractivity contribution is 5.75. The van der Waals surface area contributed by atoms with E-state index in [0.29, 0.717) is 6.54 Å². The molecule has 1 aromatic rings. The van der Waals surface area contributed by atoms with E-state index in [4.69, 9.17) is 0 Å². The first-order valence-corrected chi connectivity index (χ1v) is 5.20. The quantitative estimate of drug-likeness (QED) is 0.695. The molecule has 0 spiro atoms. The number of hydrogen-bond acceptors (Lipinski definition) is 2. The third-order valence-corrected chi connectivity index (χ3v) is 2.10. The number of carbonyl (C=O) groups excluding carboxylic acids is 1. The number of carbonyl (C=O) groups is 1. The zero-order valence-corrected chi connectivity index (χ0v) is 9.44. The van der Waals surface area contributed by atoms with E-state index in [1.807, 2.05) is 43.2 Å². The number of amides is 1. The number of nitrogens with zero attached hydrogens (tertiary/aromatic N) is 2. The van der Waals surface area contributed by atoms with E-state index in [1.165, 1.54) is 0 Å². The largest absolute Gasteiger partial charge is 0.355 e. The molecule has 15 heavy (non-hydrogen) atoms. The molecule has 0 aliphatic rings. The van der Waals surface area contributed by atoms with Gasteiger partial charge >= 0.3 is 0 Å². The Hall–Kier alpha value is -1.29. The van der Waals surface area contributed by atoms with Gasteiger partial charge in [0, 0.05) is 18.9 Å². The van der Waals surface area contributed by atoms with Crippen molar-refractivity contribution in [2.75, 3.05) is 27.2 Å². The average Bonchev–Trinajstić information content (AvgIpc) is 2.64. The van der Waals surface area contributed by atoms with Crippen molar-refractivity contribution in [3.05, 3.63) is 24.5 Å². The Labute approximate surface area is 90.9 Å². The van der Waals surface area contributed by atoms with E-state index in [2.05, 4.69) is 10.2 Å². The first-order valence-electron chi connectivity index (χ1n) is 5.20. The fourth-order valence-corrected chi connectivity index (χ4v) is 1.32. The Kier molecular flexibility index (Phi) is 4.90. The molecule has 0 aromatic carbocycles. The van der Waals surface area contributed by atoms with E-state index in [1.54, 1.807) is 0 Å². The third kappa shape index (κ3) is 5.22. The average molecular weight is 209 g/mol. The molecule has 84 valence electrons. The van der Waals surface area contributed by atoms with E-state index in [-0.39, 0.29) is 5.91 Å². The van der Waals surface area contributed by atoms with E-state index in [0.717, 1.165) is 19.5 Å². The summed E-state index contributed by atoms with van der Waals surface area (Å²) in [6, 6.07) is 3.83. The van der Waals surface area contributed by atoms with Gasteiger partial charge in [-0.2, -0.15) is 0 Å². The topological polar surface area (TPSA) is 37.3 Å². The second-order valence-electron chi connectivity index (χ2n) is 3.86. The van der Waals surface area contributed by atoms with Crippen molar-refractivity contribution in [2.45, 2.75) is 13.0 Å². The summed E-state index contributed by atoms with van der Waals surface area (Å²) >= 11 is 0. The minimum atomic E-state index is 0.0740. The molecule has 0 atom stereocenters. The van der Waals surface area contributed by atoms with Crippen LogP contribution in [-0.4, -0.2) is 42.6 Å². The summed E-state index contributed by atoms with van der Waals surface area (Å²) < 4.78 is 1.86. The lowest BCUT2D eigenvalue weighted by Gasteiger charge is -2.10.